The number of benzene rings is 1. The van der Waals surface area contributed by atoms with Gasteiger partial charge in [-0.3, -0.25) is 0 Å². The van der Waals surface area contributed by atoms with Gasteiger partial charge in [-0.25, -0.2) is 0 Å². The molecule has 4 rings (SSSR count). The van der Waals surface area contributed by atoms with Crippen molar-refractivity contribution in [2.45, 2.75) is 45.8 Å². The Morgan fingerprint density at radius 1 is 1.09 bits per heavy atom. The molecule has 0 saturated carbocycles. The number of nitrogen functional groups attached to an aromatic ring is 1. The van der Waals surface area contributed by atoms with Gasteiger partial charge in [-0.15, -0.1) is 0 Å². The fraction of sp³-hybridized carbons (Fsp3) is 0.348. The predicted molar refractivity (Wildman–Crippen MR) is 130 cm³/mol. The molecular weight excluding hydrogens is 424 g/mol. The molecule has 170 valence electrons. The summed E-state index contributed by atoms with van der Waals surface area (Å²) in [5.41, 5.74) is 11.3. The number of fused-ring (bicyclic) bond motifs is 1. The fourth-order valence-electron chi connectivity index (χ4n) is 3.04. The molecule has 0 spiro atoms. The topological polar surface area (TPSA) is 122 Å². The second kappa shape index (κ2) is 11.0. The van der Waals surface area contributed by atoms with Gasteiger partial charge >= 0.3 is 0 Å². The van der Waals surface area contributed by atoms with E-state index in [0.717, 1.165) is 16.8 Å². The molecule has 5 N–H and O–H groups in total. The van der Waals surface area contributed by atoms with Crippen LogP contribution in [0.25, 0.3) is 16.8 Å². The van der Waals surface area contributed by atoms with Gasteiger partial charge in [0, 0.05) is 18.7 Å². The van der Waals surface area contributed by atoms with Gasteiger partial charge in [-0.2, -0.15) is 30.9 Å². The quantitative estimate of drug-likeness (QED) is 0.334. The van der Waals surface area contributed by atoms with E-state index >= 15 is 0 Å². The monoisotopic (exact) mass is 454 g/mol. The molecule has 1 unspecified atom stereocenters. The lowest BCUT2D eigenvalue weighted by atomic mass is 10.1. The highest BCUT2D eigenvalue weighted by Crippen LogP contribution is 2.23. The second-order valence-corrected chi connectivity index (χ2v) is 8.60. The molecule has 0 aliphatic heterocycles. The van der Waals surface area contributed by atoms with E-state index in [1.807, 2.05) is 6.20 Å². The molecule has 3 heterocycles. The number of thiophene rings is 1. The van der Waals surface area contributed by atoms with E-state index in [1.165, 1.54) is 11.1 Å². The van der Waals surface area contributed by atoms with E-state index in [2.05, 4.69) is 75.3 Å². The van der Waals surface area contributed by atoms with Crippen LogP contribution in [-0.4, -0.2) is 42.5 Å². The van der Waals surface area contributed by atoms with Gasteiger partial charge in [0.2, 0.25) is 11.9 Å². The first-order valence-electron chi connectivity index (χ1n) is 10.5. The molecule has 0 saturated heterocycles. The number of aromatic nitrogens is 4. The lowest BCUT2D eigenvalue weighted by Crippen LogP contribution is -2.11. The fourth-order valence-corrected chi connectivity index (χ4v) is 3.71. The van der Waals surface area contributed by atoms with Crippen molar-refractivity contribution in [3.8, 4) is 11.1 Å². The Morgan fingerprint density at radius 3 is 2.41 bits per heavy atom. The van der Waals surface area contributed by atoms with Crippen molar-refractivity contribution in [2.24, 2.45) is 0 Å². The third-order valence-corrected chi connectivity index (χ3v) is 5.52. The van der Waals surface area contributed by atoms with Crippen LogP contribution in [0.3, 0.4) is 0 Å². The molecule has 0 amide bonds. The number of nitrogens with two attached hydrogens (primary N) is 1. The molecule has 0 bridgehead atoms. The van der Waals surface area contributed by atoms with Crippen molar-refractivity contribution >= 4 is 28.9 Å². The Labute approximate surface area is 191 Å². The smallest absolute Gasteiger partial charge is 0.229 e. The molecule has 0 radical (unpaired) electrons. The molecular formula is C23H30N6O2S. The van der Waals surface area contributed by atoms with Crippen molar-refractivity contribution in [3.05, 3.63) is 58.4 Å². The largest absolute Gasteiger partial charge is 0.396 e. The Kier molecular flexibility index (Phi) is 8.15. The lowest BCUT2D eigenvalue weighted by molar-refractivity contribution is 0.148. The zero-order valence-electron chi connectivity index (χ0n) is 18.6. The van der Waals surface area contributed by atoms with Gasteiger partial charge in [0.1, 0.15) is 0 Å². The molecule has 0 aliphatic rings. The van der Waals surface area contributed by atoms with E-state index in [-0.39, 0.29) is 18.7 Å². The van der Waals surface area contributed by atoms with Crippen LogP contribution in [0.2, 0.25) is 0 Å². The van der Waals surface area contributed by atoms with Crippen molar-refractivity contribution in [3.63, 3.8) is 0 Å². The summed E-state index contributed by atoms with van der Waals surface area (Å²) in [4.78, 5) is 8.65. The molecule has 0 aliphatic carbocycles. The van der Waals surface area contributed by atoms with Crippen LogP contribution in [0.1, 0.15) is 44.2 Å². The molecule has 0 fully saturated rings. The van der Waals surface area contributed by atoms with Gasteiger partial charge < -0.3 is 21.3 Å². The third kappa shape index (κ3) is 6.03. The highest BCUT2D eigenvalue weighted by molar-refractivity contribution is 7.08. The first-order chi connectivity index (χ1) is 15.4. The van der Waals surface area contributed by atoms with Crippen molar-refractivity contribution in [2.75, 3.05) is 17.7 Å². The molecule has 1 atom stereocenters. The maximum absolute atomic E-state index is 8.39. The minimum absolute atomic E-state index is 0.0810. The highest BCUT2D eigenvalue weighted by atomic mass is 32.1. The summed E-state index contributed by atoms with van der Waals surface area (Å²) in [6.07, 6.45) is 1.96. The van der Waals surface area contributed by atoms with Gasteiger partial charge in [0.25, 0.3) is 0 Å². The minimum atomic E-state index is -0.352. The van der Waals surface area contributed by atoms with Crippen LogP contribution >= 0.6 is 11.3 Å². The number of aliphatic hydroxyl groups excluding tert-OH is 2. The summed E-state index contributed by atoms with van der Waals surface area (Å²) in [5, 5.41) is 28.4. The summed E-state index contributed by atoms with van der Waals surface area (Å²) in [5.74, 6) is 1.16. The Hall–Kier alpha value is -3.01. The van der Waals surface area contributed by atoms with Gasteiger partial charge in [-0.1, -0.05) is 38.1 Å². The summed E-state index contributed by atoms with van der Waals surface area (Å²) in [6.45, 7) is 6.58. The number of nitrogens with one attached hydrogen (secondary N) is 1. The Balaban J connectivity index is 0.000000427. The van der Waals surface area contributed by atoms with E-state index in [4.69, 9.17) is 15.9 Å². The molecule has 9 heteroatoms. The van der Waals surface area contributed by atoms with Gasteiger partial charge in [-0.05, 0) is 52.8 Å². The number of hydrogen-bond acceptors (Lipinski definition) is 8. The minimum Gasteiger partial charge on any atom is -0.396 e. The van der Waals surface area contributed by atoms with Crippen molar-refractivity contribution in [1.82, 2.24) is 19.6 Å². The van der Waals surface area contributed by atoms with E-state index in [1.54, 1.807) is 22.8 Å². The van der Waals surface area contributed by atoms with Gasteiger partial charge in [0.05, 0.1) is 12.3 Å². The first-order valence-corrected chi connectivity index (χ1v) is 11.5. The standard InChI is InChI=1S/C19H20N6S.C4H10O2/c1-12(2)16-10-22-25-17(16)23-18(20)24-19(25)21-9-13-3-5-14(6-4-13)15-7-8-26-11-15;1-4(6)2-3-5/h3-8,10-12H,9H2,1-2H3,(H3,20,21,23,24);4-6H,2-3H2,1H3. The third-order valence-electron chi connectivity index (χ3n) is 4.84. The summed E-state index contributed by atoms with van der Waals surface area (Å²) < 4.78 is 1.71. The number of rotatable bonds is 7. The van der Waals surface area contributed by atoms with Gasteiger partial charge in [0.15, 0.2) is 5.65 Å². The molecule has 3 aromatic heterocycles. The summed E-state index contributed by atoms with van der Waals surface area (Å²) in [6, 6.07) is 10.6. The summed E-state index contributed by atoms with van der Waals surface area (Å²) in [7, 11) is 0. The maximum Gasteiger partial charge on any atom is 0.229 e. The van der Waals surface area contributed by atoms with Crippen LogP contribution in [0.4, 0.5) is 11.9 Å². The normalized spacial score (nSPS) is 11.9. The van der Waals surface area contributed by atoms with Crippen LogP contribution in [-0.2, 0) is 6.54 Å². The number of anilines is 2. The molecule has 32 heavy (non-hydrogen) atoms. The average molecular weight is 455 g/mol. The Bertz CT molecular complexity index is 1110. The zero-order chi connectivity index (χ0) is 23.1. The Morgan fingerprint density at radius 2 is 1.84 bits per heavy atom. The molecule has 4 aromatic rings. The van der Waals surface area contributed by atoms with Crippen LogP contribution in [0, 0.1) is 0 Å². The van der Waals surface area contributed by atoms with Crippen LogP contribution < -0.4 is 11.1 Å². The van der Waals surface area contributed by atoms with E-state index in [9.17, 15) is 0 Å². The SMILES string of the molecule is CC(C)c1cnn2c(NCc3ccc(-c4ccsc4)cc3)nc(N)nc12.CC(O)CCO. The average Bonchev–Trinajstić information content (AvgIpc) is 3.43. The maximum atomic E-state index is 8.39. The van der Waals surface area contributed by atoms with Crippen molar-refractivity contribution < 1.29 is 10.2 Å². The van der Waals surface area contributed by atoms with E-state index in [0.29, 0.717) is 24.8 Å². The molecule has 1 aromatic carbocycles. The summed E-state index contributed by atoms with van der Waals surface area (Å²) >= 11 is 1.70. The number of hydrogen-bond donors (Lipinski definition) is 4. The van der Waals surface area contributed by atoms with Crippen molar-refractivity contribution in [1.29, 1.82) is 0 Å². The van der Waals surface area contributed by atoms with Crippen LogP contribution in [0.15, 0.2) is 47.3 Å². The molecule has 8 nitrogen and oxygen atoms in total. The second-order valence-electron chi connectivity index (χ2n) is 7.82. The van der Waals surface area contributed by atoms with E-state index < -0.39 is 0 Å². The highest BCUT2D eigenvalue weighted by Gasteiger charge is 2.14. The number of aliphatic hydroxyl groups is 2. The first kappa shape index (κ1) is 23.6. The number of nitrogens with zero attached hydrogens (tertiary/aromatic N) is 4. The lowest BCUT2D eigenvalue weighted by Gasteiger charge is -2.09. The predicted octanol–water partition coefficient (Wildman–Crippen LogP) is 3.92. The van der Waals surface area contributed by atoms with Crippen LogP contribution in [0.5, 0.6) is 0 Å². The zero-order valence-corrected chi connectivity index (χ0v) is 19.4.